The fourth-order valence-corrected chi connectivity index (χ4v) is 2.03. The summed E-state index contributed by atoms with van der Waals surface area (Å²) in [5.41, 5.74) is 0. The molecule has 0 N–H and O–H groups in total. The second-order valence-corrected chi connectivity index (χ2v) is 5.93. The van der Waals surface area contributed by atoms with Crippen molar-refractivity contribution in [2.75, 3.05) is 6.61 Å². The summed E-state index contributed by atoms with van der Waals surface area (Å²) in [5.74, 6) is 0.885. The largest absolute Gasteiger partial charge is 0.379 e. The number of rotatable bonds is 12. The van der Waals surface area contributed by atoms with Crippen molar-refractivity contribution in [3.63, 3.8) is 0 Å². The average molecular weight is 242 g/mol. The standard InChI is InChI=1S/C16H34O/c1-15(2)13-11-9-7-5-6-8-10-12-14-17-16(3)4/h15-16H,5-14H2,1-4H3. The zero-order chi connectivity index (χ0) is 12.9. The van der Waals surface area contributed by atoms with Gasteiger partial charge in [-0.2, -0.15) is 0 Å². The number of hydrogen-bond donors (Lipinski definition) is 0. The first-order valence-corrected chi connectivity index (χ1v) is 7.74. The minimum atomic E-state index is 0.399. The molecule has 0 spiro atoms. The third-order valence-corrected chi connectivity index (χ3v) is 3.13. The zero-order valence-electron chi connectivity index (χ0n) is 12.6. The van der Waals surface area contributed by atoms with E-state index in [0.717, 1.165) is 12.5 Å². The lowest BCUT2D eigenvalue weighted by molar-refractivity contribution is 0.0756. The van der Waals surface area contributed by atoms with Gasteiger partial charge in [-0.3, -0.25) is 0 Å². The Kier molecular flexibility index (Phi) is 12.4. The van der Waals surface area contributed by atoms with Crippen molar-refractivity contribution in [3.8, 4) is 0 Å². The normalized spacial score (nSPS) is 11.6. The van der Waals surface area contributed by atoms with Gasteiger partial charge in [-0.1, -0.05) is 65.2 Å². The molecule has 0 atom stereocenters. The van der Waals surface area contributed by atoms with Crippen LogP contribution < -0.4 is 0 Å². The molecule has 0 saturated heterocycles. The maximum atomic E-state index is 5.52. The summed E-state index contributed by atoms with van der Waals surface area (Å²) >= 11 is 0. The number of hydrogen-bond acceptors (Lipinski definition) is 1. The van der Waals surface area contributed by atoms with Gasteiger partial charge in [-0.15, -0.1) is 0 Å². The molecule has 0 radical (unpaired) electrons. The van der Waals surface area contributed by atoms with Crippen molar-refractivity contribution in [1.82, 2.24) is 0 Å². The van der Waals surface area contributed by atoms with Gasteiger partial charge in [0.05, 0.1) is 6.10 Å². The van der Waals surface area contributed by atoms with Crippen LogP contribution in [0.4, 0.5) is 0 Å². The zero-order valence-corrected chi connectivity index (χ0v) is 12.6. The molecule has 0 aromatic heterocycles. The Labute approximate surface area is 109 Å². The predicted molar refractivity (Wildman–Crippen MR) is 77.5 cm³/mol. The SMILES string of the molecule is CC(C)CCCCCCCCCCOC(C)C. The molecule has 0 heterocycles. The van der Waals surface area contributed by atoms with Crippen LogP contribution in [-0.2, 0) is 4.74 Å². The molecule has 0 bridgehead atoms. The van der Waals surface area contributed by atoms with Gasteiger partial charge in [0.2, 0.25) is 0 Å². The minimum absolute atomic E-state index is 0.399. The van der Waals surface area contributed by atoms with Crippen LogP contribution >= 0.6 is 0 Å². The van der Waals surface area contributed by atoms with Crippen LogP contribution in [0, 0.1) is 5.92 Å². The third kappa shape index (κ3) is 16.0. The molecule has 1 nitrogen and oxygen atoms in total. The molecule has 0 saturated carbocycles. The van der Waals surface area contributed by atoms with Crippen molar-refractivity contribution < 1.29 is 4.74 Å². The van der Waals surface area contributed by atoms with E-state index in [1.807, 2.05) is 0 Å². The maximum absolute atomic E-state index is 5.52. The fourth-order valence-electron chi connectivity index (χ4n) is 2.03. The van der Waals surface area contributed by atoms with Crippen molar-refractivity contribution in [3.05, 3.63) is 0 Å². The number of unbranched alkanes of at least 4 members (excludes halogenated alkanes) is 7. The highest BCUT2D eigenvalue weighted by Gasteiger charge is 1.96. The van der Waals surface area contributed by atoms with Gasteiger partial charge in [-0.25, -0.2) is 0 Å². The Bertz CT molecular complexity index is 124. The topological polar surface area (TPSA) is 9.23 Å². The Morgan fingerprint density at radius 2 is 1.12 bits per heavy atom. The van der Waals surface area contributed by atoms with E-state index < -0.39 is 0 Å². The molecule has 17 heavy (non-hydrogen) atoms. The molecule has 0 aromatic rings. The van der Waals surface area contributed by atoms with E-state index >= 15 is 0 Å². The van der Waals surface area contributed by atoms with E-state index in [0.29, 0.717) is 6.10 Å². The molecule has 0 aliphatic carbocycles. The highest BCUT2D eigenvalue weighted by molar-refractivity contribution is 4.49. The van der Waals surface area contributed by atoms with Gasteiger partial charge in [0.15, 0.2) is 0 Å². The van der Waals surface area contributed by atoms with Crippen molar-refractivity contribution in [1.29, 1.82) is 0 Å². The summed E-state index contributed by atoms with van der Waals surface area (Å²) < 4.78 is 5.52. The molecule has 0 fully saturated rings. The molecule has 104 valence electrons. The van der Waals surface area contributed by atoms with Crippen LogP contribution in [0.15, 0.2) is 0 Å². The van der Waals surface area contributed by atoms with Crippen LogP contribution in [0.2, 0.25) is 0 Å². The molecular formula is C16H34O. The first-order chi connectivity index (χ1) is 8.13. The molecular weight excluding hydrogens is 208 g/mol. The summed E-state index contributed by atoms with van der Waals surface area (Å²) in [7, 11) is 0. The average Bonchev–Trinajstić information content (AvgIpc) is 2.25. The fraction of sp³-hybridized carbons (Fsp3) is 1.00. The predicted octanol–water partition coefficient (Wildman–Crippen LogP) is 5.58. The lowest BCUT2D eigenvalue weighted by Crippen LogP contribution is -2.03. The molecule has 0 rings (SSSR count). The Morgan fingerprint density at radius 1 is 0.647 bits per heavy atom. The van der Waals surface area contributed by atoms with E-state index in [4.69, 9.17) is 4.74 Å². The minimum Gasteiger partial charge on any atom is -0.379 e. The maximum Gasteiger partial charge on any atom is 0.0518 e. The summed E-state index contributed by atoms with van der Waals surface area (Å²) in [4.78, 5) is 0. The third-order valence-electron chi connectivity index (χ3n) is 3.13. The van der Waals surface area contributed by atoms with Crippen LogP contribution in [0.25, 0.3) is 0 Å². The molecule has 0 amide bonds. The monoisotopic (exact) mass is 242 g/mol. The highest BCUT2D eigenvalue weighted by Crippen LogP contribution is 2.12. The smallest absolute Gasteiger partial charge is 0.0518 e. The first-order valence-electron chi connectivity index (χ1n) is 7.74. The van der Waals surface area contributed by atoms with Crippen LogP contribution in [0.5, 0.6) is 0 Å². The highest BCUT2D eigenvalue weighted by atomic mass is 16.5. The molecule has 1 heteroatoms. The summed E-state index contributed by atoms with van der Waals surface area (Å²) in [6.45, 7) is 9.80. The Morgan fingerprint density at radius 3 is 1.59 bits per heavy atom. The van der Waals surface area contributed by atoms with Gasteiger partial charge in [0.1, 0.15) is 0 Å². The van der Waals surface area contributed by atoms with E-state index in [1.165, 1.54) is 57.8 Å². The van der Waals surface area contributed by atoms with Gasteiger partial charge in [-0.05, 0) is 26.2 Å². The molecule has 0 aliphatic heterocycles. The van der Waals surface area contributed by atoms with Crippen molar-refractivity contribution in [2.24, 2.45) is 5.92 Å². The van der Waals surface area contributed by atoms with Crippen LogP contribution in [0.1, 0.15) is 85.5 Å². The lowest BCUT2D eigenvalue weighted by Gasteiger charge is -2.07. The number of ether oxygens (including phenoxy) is 1. The molecule has 0 aliphatic rings. The van der Waals surface area contributed by atoms with Crippen LogP contribution in [0.3, 0.4) is 0 Å². The van der Waals surface area contributed by atoms with Crippen LogP contribution in [-0.4, -0.2) is 12.7 Å². The van der Waals surface area contributed by atoms with E-state index in [9.17, 15) is 0 Å². The lowest BCUT2D eigenvalue weighted by atomic mass is 10.0. The van der Waals surface area contributed by atoms with Crippen molar-refractivity contribution >= 4 is 0 Å². The summed E-state index contributed by atoms with van der Waals surface area (Å²) in [6.07, 6.45) is 13.0. The second-order valence-electron chi connectivity index (χ2n) is 5.93. The summed E-state index contributed by atoms with van der Waals surface area (Å²) in [5, 5.41) is 0. The first kappa shape index (κ1) is 17.0. The Hall–Kier alpha value is -0.0400. The van der Waals surface area contributed by atoms with Crippen molar-refractivity contribution in [2.45, 2.75) is 91.6 Å². The van der Waals surface area contributed by atoms with E-state index in [1.54, 1.807) is 0 Å². The van der Waals surface area contributed by atoms with Gasteiger partial charge >= 0.3 is 0 Å². The molecule has 0 unspecified atom stereocenters. The molecule has 0 aromatic carbocycles. The second kappa shape index (κ2) is 12.4. The van der Waals surface area contributed by atoms with Gasteiger partial charge in [0, 0.05) is 6.61 Å². The summed E-state index contributed by atoms with van der Waals surface area (Å²) in [6, 6.07) is 0. The van der Waals surface area contributed by atoms with Gasteiger partial charge < -0.3 is 4.74 Å². The Balaban J connectivity index is 2.94. The van der Waals surface area contributed by atoms with E-state index in [2.05, 4.69) is 27.7 Å². The van der Waals surface area contributed by atoms with Gasteiger partial charge in [0.25, 0.3) is 0 Å². The van der Waals surface area contributed by atoms with E-state index in [-0.39, 0.29) is 0 Å². The quantitative estimate of drug-likeness (QED) is 0.406.